The maximum atomic E-state index is 3.46. The first-order chi connectivity index (χ1) is 4.16. The van der Waals surface area contributed by atoms with Crippen molar-refractivity contribution >= 4 is 0 Å². The van der Waals surface area contributed by atoms with Crippen LogP contribution in [0.4, 0.5) is 0 Å². The molecule has 0 aromatic rings. The first-order valence-electron chi connectivity index (χ1n) is 3.62. The van der Waals surface area contributed by atoms with Gasteiger partial charge in [-0.05, 0) is 6.92 Å². The summed E-state index contributed by atoms with van der Waals surface area (Å²) in [4.78, 5) is 0. The summed E-state index contributed by atoms with van der Waals surface area (Å²) in [6, 6.07) is 0. The summed E-state index contributed by atoms with van der Waals surface area (Å²) < 4.78 is 0. The van der Waals surface area contributed by atoms with Crippen molar-refractivity contribution in [3.05, 3.63) is 0 Å². The Morgan fingerprint density at radius 3 is 2.11 bits per heavy atom. The van der Waals surface area contributed by atoms with Crippen LogP contribution < -0.4 is 10.6 Å². The Morgan fingerprint density at radius 2 is 1.89 bits per heavy atom. The molecule has 2 aliphatic heterocycles. The third-order valence-corrected chi connectivity index (χ3v) is 3.19. The van der Waals surface area contributed by atoms with Crippen LogP contribution in [-0.2, 0) is 0 Å². The molecule has 9 heavy (non-hydrogen) atoms. The number of rotatable bonds is 0. The lowest BCUT2D eigenvalue weighted by Gasteiger charge is -2.51. The second-order valence-corrected chi connectivity index (χ2v) is 3.85. The highest BCUT2D eigenvalue weighted by atomic mass is 15.2. The van der Waals surface area contributed by atoms with Crippen LogP contribution in [-0.4, -0.2) is 25.2 Å². The molecule has 2 heterocycles. The predicted molar refractivity (Wildman–Crippen MR) is 37.4 cm³/mol. The van der Waals surface area contributed by atoms with Gasteiger partial charge in [-0.25, -0.2) is 0 Å². The minimum Gasteiger partial charge on any atom is -0.314 e. The quantitative estimate of drug-likeness (QED) is 0.476. The lowest BCUT2D eigenvalue weighted by molar-refractivity contribution is 0.0682. The number of hydrogen-bond acceptors (Lipinski definition) is 2. The molecule has 2 aliphatic rings. The van der Waals surface area contributed by atoms with Crippen molar-refractivity contribution in [2.24, 2.45) is 5.41 Å². The summed E-state index contributed by atoms with van der Waals surface area (Å²) in [6.45, 7) is 8.18. The van der Waals surface area contributed by atoms with Gasteiger partial charge < -0.3 is 10.6 Å². The predicted octanol–water partition coefficient (Wildman–Crippen LogP) is -0.0422. The molecule has 0 aromatic carbocycles. The Kier molecular flexibility index (Phi) is 0.837. The smallest absolute Gasteiger partial charge is 0.0356 e. The fourth-order valence-corrected chi connectivity index (χ4v) is 1.81. The number of nitrogens with one attached hydrogen (secondary N) is 2. The highest BCUT2D eigenvalue weighted by Crippen LogP contribution is 2.41. The maximum Gasteiger partial charge on any atom is 0.0356 e. The van der Waals surface area contributed by atoms with E-state index < -0.39 is 0 Å². The van der Waals surface area contributed by atoms with Gasteiger partial charge in [-0.2, -0.15) is 0 Å². The zero-order valence-electron chi connectivity index (χ0n) is 6.12. The van der Waals surface area contributed by atoms with Crippen LogP contribution >= 0.6 is 0 Å². The molecule has 0 aromatic heterocycles. The fraction of sp³-hybridized carbons (Fsp3) is 1.00. The average Bonchev–Trinajstić information content (AvgIpc) is 1.98. The summed E-state index contributed by atoms with van der Waals surface area (Å²) in [5.74, 6) is 0. The van der Waals surface area contributed by atoms with E-state index >= 15 is 0 Å². The third-order valence-electron chi connectivity index (χ3n) is 3.19. The Labute approximate surface area is 56.0 Å². The van der Waals surface area contributed by atoms with Gasteiger partial charge in [0.15, 0.2) is 0 Å². The standard InChI is InChI=1S/C7H14N2/c1-6-3-8-5-7(6,2)9-4-6/h8-9H,3-5H2,1-2H3/t6-,7-/m0/s1. The van der Waals surface area contributed by atoms with Gasteiger partial charge in [0, 0.05) is 30.6 Å². The second-order valence-electron chi connectivity index (χ2n) is 3.85. The van der Waals surface area contributed by atoms with Crippen LogP contribution in [0.3, 0.4) is 0 Å². The normalized spacial score (nSPS) is 56.7. The van der Waals surface area contributed by atoms with Crippen LogP contribution in [0.5, 0.6) is 0 Å². The zero-order chi connectivity index (χ0) is 6.54. The van der Waals surface area contributed by atoms with Crippen molar-refractivity contribution in [1.29, 1.82) is 0 Å². The van der Waals surface area contributed by atoms with E-state index in [1.807, 2.05) is 0 Å². The van der Waals surface area contributed by atoms with Crippen molar-refractivity contribution in [3.63, 3.8) is 0 Å². The van der Waals surface area contributed by atoms with E-state index in [1.165, 1.54) is 13.1 Å². The van der Waals surface area contributed by atoms with Crippen molar-refractivity contribution in [3.8, 4) is 0 Å². The van der Waals surface area contributed by atoms with Crippen molar-refractivity contribution in [2.75, 3.05) is 19.6 Å². The van der Waals surface area contributed by atoms with Crippen molar-refractivity contribution in [2.45, 2.75) is 19.4 Å². The number of fused-ring (bicyclic) bond motifs is 1. The molecule has 0 amide bonds. The molecular formula is C7H14N2. The van der Waals surface area contributed by atoms with Gasteiger partial charge in [-0.15, -0.1) is 0 Å². The molecule has 52 valence electrons. The maximum absolute atomic E-state index is 3.46. The molecule has 0 spiro atoms. The van der Waals surface area contributed by atoms with E-state index in [1.54, 1.807) is 0 Å². The minimum atomic E-state index is 0.410. The van der Waals surface area contributed by atoms with E-state index in [9.17, 15) is 0 Å². The van der Waals surface area contributed by atoms with E-state index in [2.05, 4.69) is 24.5 Å². The molecule has 2 rings (SSSR count). The van der Waals surface area contributed by atoms with Gasteiger partial charge in [0.1, 0.15) is 0 Å². The minimum absolute atomic E-state index is 0.410. The lowest BCUT2D eigenvalue weighted by atomic mass is 9.68. The van der Waals surface area contributed by atoms with Gasteiger partial charge in [0.05, 0.1) is 0 Å². The molecule has 0 aliphatic carbocycles. The van der Waals surface area contributed by atoms with Crippen LogP contribution in [0.2, 0.25) is 0 Å². The van der Waals surface area contributed by atoms with Gasteiger partial charge in [0.25, 0.3) is 0 Å². The van der Waals surface area contributed by atoms with Gasteiger partial charge in [-0.3, -0.25) is 0 Å². The SMILES string of the molecule is C[C@@]12CNC[C@]1(C)NC2. The molecular weight excluding hydrogens is 112 g/mol. The van der Waals surface area contributed by atoms with E-state index in [0.717, 1.165) is 6.54 Å². The molecule has 0 saturated carbocycles. The lowest BCUT2D eigenvalue weighted by Crippen LogP contribution is -2.69. The summed E-state index contributed by atoms with van der Waals surface area (Å²) in [6.07, 6.45) is 0. The zero-order valence-corrected chi connectivity index (χ0v) is 6.12. The Bertz CT molecular complexity index is 130. The van der Waals surface area contributed by atoms with Crippen molar-refractivity contribution < 1.29 is 0 Å². The molecule has 2 nitrogen and oxygen atoms in total. The summed E-state index contributed by atoms with van der Waals surface area (Å²) in [7, 11) is 0. The topological polar surface area (TPSA) is 24.1 Å². The second kappa shape index (κ2) is 1.32. The Balaban J connectivity index is 2.26. The Morgan fingerprint density at radius 1 is 1.11 bits per heavy atom. The summed E-state index contributed by atoms with van der Waals surface area (Å²) in [5, 5.41) is 6.86. The van der Waals surface area contributed by atoms with Crippen LogP contribution in [0.25, 0.3) is 0 Å². The molecule has 0 bridgehead atoms. The van der Waals surface area contributed by atoms with Crippen LogP contribution in [0, 0.1) is 5.41 Å². The van der Waals surface area contributed by atoms with Crippen molar-refractivity contribution in [1.82, 2.24) is 10.6 Å². The third kappa shape index (κ3) is 0.485. The van der Waals surface area contributed by atoms with Crippen LogP contribution in [0.15, 0.2) is 0 Å². The molecule has 2 heteroatoms. The summed E-state index contributed by atoms with van der Waals surface area (Å²) >= 11 is 0. The van der Waals surface area contributed by atoms with Gasteiger partial charge >= 0.3 is 0 Å². The molecule has 0 unspecified atom stereocenters. The fourth-order valence-electron chi connectivity index (χ4n) is 1.81. The monoisotopic (exact) mass is 126 g/mol. The largest absolute Gasteiger partial charge is 0.314 e. The van der Waals surface area contributed by atoms with Gasteiger partial charge in [-0.1, -0.05) is 6.92 Å². The Hall–Kier alpha value is -0.0800. The first-order valence-corrected chi connectivity index (χ1v) is 3.62. The summed E-state index contributed by atoms with van der Waals surface area (Å²) in [5.41, 5.74) is 0.958. The number of hydrogen-bond donors (Lipinski definition) is 2. The highest BCUT2D eigenvalue weighted by molar-refractivity contribution is 5.15. The first kappa shape index (κ1) is 5.69. The van der Waals surface area contributed by atoms with Crippen LogP contribution in [0.1, 0.15) is 13.8 Å². The van der Waals surface area contributed by atoms with E-state index in [-0.39, 0.29) is 0 Å². The molecule has 2 fully saturated rings. The highest BCUT2D eigenvalue weighted by Gasteiger charge is 2.55. The molecule has 2 N–H and O–H groups in total. The van der Waals surface area contributed by atoms with E-state index in [4.69, 9.17) is 0 Å². The van der Waals surface area contributed by atoms with E-state index in [0.29, 0.717) is 11.0 Å². The molecule has 0 radical (unpaired) electrons. The van der Waals surface area contributed by atoms with Gasteiger partial charge in [0.2, 0.25) is 0 Å². The molecule has 2 atom stereocenters. The average molecular weight is 126 g/mol. The molecule has 2 saturated heterocycles.